The number of carbonyl (C=O) groups is 3. The molecule has 55 valence electrons. The minimum atomic E-state index is -1.11. The van der Waals surface area contributed by atoms with Crippen LogP contribution in [0.25, 0.3) is 0 Å². The molecule has 0 bridgehead atoms. The van der Waals surface area contributed by atoms with Crippen molar-refractivity contribution in [1.29, 1.82) is 0 Å². The third-order valence-corrected chi connectivity index (χ3v) is 0.524. The molecule has 1 radical (unpaired) electrons. The number of hydrogen-bond donors (Lipinski definition) is 0. The maximum atomic E-state index is 10.2. The van der Waals surface area contributed by atoms with Crippen LogP contribution in [0.1, 0.15) is 13.8 Å². The summed E-state index contributed by atoms with van der Waals surface area (Å²) in [6.45, 7) is 2.09. The molecule has 0 rings (SSSR count). The first-order valence-corrected chi connectivity index (χ1v) is 2.27. The molecule has 0 unspecified atom stereocenters. The third kappa shape index (κ3) is 5.68. The normalized spacial score (nSPS) is 7.40. The zero-order valence-electron chi connectivity index (χ0n) is 5.58. The molecule has 0 N–H and O–H groups in total. The Morgan fingerprint density at radius 3 is 1.60 bits per heavy atom. The number of hydrogen-bond acceptors (Lipinski definition) is 4. The van der Waals surface area contributed by atoms with Gasteiger partial charge in [0.05, 0.1) is 0 Å². The standard InChI is InChI=1S/C5H6O4.Nb/c1-3(6)5(8)9-4(2)7;/h1-2H3;. The molecular formula is C5H6NbO4. The molecule has 0 heterocycles. The Hall–Kier alpha value is -0.450. The molecule has 0 fully saturated rings. The van der Waals surface area contributed by atoms with Crippen LogP contribution in [0.2, 0.25) is 0 Å². The van der Waals surface area contributed by atoms with Crippen LogP contribution in [0.3, 0.4) is 0 Å². The van der Waals surface area contributed by atoms with Crippen LogP contribution >= 0.6 is 0 Å². The average Bonchev–Trinajstić information content (AvgIpc) is 1.63. The van der Waals surface area contributed by atoms with E-state index in [2.05, 4.69) is 4.74 Å². The summed E-state index contributed by atoms with van der Waals surface area (Å²) < 4.78 is 3.88. The fourth-order valence-electron chi connectivity index (χ4n) is 0.202. The molecule has 0 aliphatic rings. The zero-order valence-corrected chi connectivity index (χ0v) is 7.78. The van der Waals surface area contributed by atoms with Gasteiger partial charge in [-0.3, -0.25) is 9.59 Å². The molecule has 0 aromatic rings. The van der Waals surface area contributed by atoms with Crippen molar-refractivity contribution in [2.45, 2.75) is 13.8 Å². The molecule has 0 aromatic heterocycles. The molecule has 0 saturated heterocycles. The first-order valence-electron chi connectivity index (χ1n) is 2.27. The fourth-order valence-corrected chi connectivity index (χ4v) is 0.202. The van der Waals surface area contributed by atoms with E-state index in [0.717, 1.165) is 13.8 Å². The molecule has 4 nitrogen and oxygen atoms in total. The van der Waals surface area contributed by atoms with Crippen molar-refractivity contribution in [3.8, 4) is 0 Å². The summed E-state index contributed by atoms with van der Waals surface area (Å²) in [6.07, 6.45) is 0. The van der Waals surface area contributed by atoms with Gasteiger partial charge in [-0.15, -0.1) is 0 Å². The Bertz CT molecular complexity index is 163. The summed E-state index contributed by atoms with van der Waals surface area (Å²) in [4.78, 5) is 30.2. The van der Waals surface area contributed by atoms with Gasteiger partial charge in [-0.25, -0.2) is 4.79 Å². The molecule has 0 atom stereocenters. The van der Waals surface area contributed by atoms with Crippen LogP contribution in [0.5, 0.6) is 0 Å². The number of esters is 2. The van der Waals surface area contributed by atoms with Gasteiger partial charge in [-0.05, 0) is 0 Å². The second kappa shape index (κ2) is 5.34. The topological polar surface area (TPSA) is 60.4 Å². The van der Waals surface area contributed by atoms with Crippen molar-refractivity contribution < 1.29 is 41.5 Å². The average molecular weight is 223 g/mol. The molecule has 0 saturated carbocycles. The first-order chi connectivity index (χ1) is 4.04. The van der Waals surface area contributed by atoms with Crippen LogP contribution in [0, 0.1) is 0 Å². The Balaban J connectivity index is 0. The van der Waals surface area contributed by atoms with Crippen LogP contribution < -0.4 is 0 Å². The van der Waals surface area contributed by atoms with E-state index in [4.69, 9.17) is 0 Å². The summed E-state index contributed by atoms with van der Waals surface area (Å²) in [6, 6.07) is 0. The summed E-state index contributed by atoms with van der Waals surface area (Å²) in [5, 5.41) is 0. The Morgan fingerprint density at radius 2 is 1.50 bits per heavy atom. The summed E-state index contributed by atoms with van der Waals surface area (Å²) in [5.74, 6) is -2.65. The fraction of sp³-hybridized carbons (Fsp3) is 0.400. The minimum Gasteiger partial charge on any atom is -0.387 e. The van der Waals surface area contributed by atoms with Gasteiger partial charge in [-0.2, -0.15) is 0 Å². The Kier molecular flexibility index (Phi) is 6.55. The summed E-state index contributed by atoms with van der Waals surface area (Å²) >= 11 is 0. The monoisotopic (exact) mass is 223 g/mol. The molecule has 5 heteroatoms. The molecule has 0 aromatic carbocycles. The van der Waals surface area contributed by atoms with Gasteiger partial charge in [0.15, 0.2) is 0 Å². The smallest absolute Gasteiger partial charge is 0.381 e. The van der Waals surface area contributed by atoms with Crippen molar-refractivity contribution in [1.82, 2.24) is 0 Å². The zero-order chi connectivity index (χ0) is 7.44. The molecule has 0 spiro atoms. The predicted octanol–water partition coefficient (Wildman–Crippen LogP) is -0.337. The van der Waals surface area contributed by atoms with Gasteiger partial charge in [0.2, 0.25) is 5.78 Å². The van der Waals surface area contributed by atoms with E-state index in [1.807, 2.05) is 0 Å². The van der Waals surface area contributed by atoms with Gasteiger partial charge in [0.25, 0.3) is 0 Å². The van der Waals surface area contributed by atoms with Gasteiger partial charge < -0.3 is 4.74 Å². The number of Topliss-reactive ketones (excluding diaryl/α,β-unsaturated/α-hetero) is 1. The predicted molar refractivity (Wildman–Crippen MR) is 27.5 cm³/mol. The largest absolute Gasteiger partial charge is 0.387 e. The van der Waals surface area contributed by atoms with E-state index in [0.29, 0.717) is 0 Å². The number of ketones is 1. The van der Waals surface area contributed by atoms with E-state index >= 15 is 0 Å². The Labute approximate surface area is 73.4 Å². The number of carbonyl (C=O) groups excluding carboxylic acids is 3. The van der Waals surface area contributed by atoms with Crippen molar-refractivity contribution in [2.75, 3.05) is 0 Å². The number of ether oxygens (including phenoxy) is 1. The minimum absolute atomic E-state index is 0. The quantitative estimate of drug-likeness (QED) is 0.264. The van der Waals surface area contributed by atoms with Gasteiger partial charge in [-0.1, -0.05) is 0 Å². The Morgan fingerprint density at radius 1 is 1.10 bits per heavy atom. The molecule has 0 amide bonds. The van der Waals surface area contributed by atoms with Crippen LogP contribution in [0.4, 0.5) is 0 Å². The maximum Gasteiger partial charge on any atom is 0.381 e. The first kappa shape index (κ1) is 12.2. The van der Waals surface area contributed by atoms with Crippen molar-refractivity contribution in [3.05, 3.63) is 0 Å². The van der Waals surface area contributed by atoms with Gasteiger partial charge >= 0.3 is 11.9 Å². The van der Waals surface area contributed by atoms with E-state index in [1.165, 1.54) is 0 Å². The van der Waals surface area contributed by atoms with Crippen LogP contribution in [0.15, 0.2) is 0 Å². The van der Waals surface area contributed by atoms with Crippen molar-refractivity contribution in [2.24, 2.45) is 0 Å². The van der Waals surface area contributed by atoms with Gasteiger partial charge in [0.1, 0.15) is 0 Å². The second-order valence-corrected chi connectivity index (χ2v) is 1.44. The second-order valence-electron chi connectivity index (χ2n) is 1.44. The van der Waals surface area contributed by atoms with E-state index in [1.54, 1.807) is 0 Å². The molecule has 0 aliphatic carbocycles. The maximum absolute atomic E-state index is 10.2. The molecule has 10 heavy (non-hydrogen) atoms. The van der Waals surface area contributed by atoms with Gasteiger partial charge in [0, 0.05) is 36.2 Å². The third-order valence-electron chi connectivity index (χ3n) is 0.524. The summed E-state index contributed by atoms with van der Waals surface area (Å²) in [7, 11) is 0. The summed E-state index contributed by atoms with van der Waals surface area (Å²) in [5.41, 5.74) is 0. The van der Waals surface area contributed by atoms with Crippen molar-refractivity contribution in [3.63, 3.8) is 0 Å². The number of rotatable bonds is 1. The SMILES string of the molecule is CC(=O)OC(=O)C(C)=O.[Nb]. The van der Waals surface area contributed by atoms with E-state index in [-0.39, 0.29) is 22.4 Å². The van der Waals surface area contributed by atoms with Crippen LogP contribution in [-0.2, 0) is 41.5 Å². The van der Waals surface area contributed by atoms with E-state index in [9.17, 15) is 14.4 Å². The molecule has 0 aliphatic heterocycles. The molecular weight excluding hydrogens is 217 g/mol. The van der Waals surface area contributed by atoms with Crippen LogP contribution in [-0.4, -0.2) is 17.7 Å². The van der Waals surface area contributed by atoms with Crippen molar-refractivity contribution >= 4 is 17.7 Å². The van der Waals surface area contributed by atoms with E-state index < -0.39 is 17.7 Å².